The number of thioether (sulfide) groups is 1. The zero-order valence-corrected chi connectivity index (χ0v) is 12.1. The highest BCUT2D eigenvalue weighted by molar-refractivity contribution is 7.99. The SMILES string of the molecule is CC(C)(C(=O)NCCN1CCSCC1)C(N)=S. The van der Waals surface area contributed by atoms with Crippen LogP contribution in [0, 0.1) is 5.41 Å². The molecule has 1 aliphatic heterocycles. The Balaban J connectivity index is 2.26. The van der Waals surface area contributed by atoms with Crippen molar-refractivity contribution in [1.82, 2.24) is 10.2 Å². The lowest BCUT2D eigenvalue weighted by Crippen LogP contribution is -2.47. The van der Waals surface area contributed by atoms with Crippen molar-refractivity contribution in [2.45, 2.75) is 13.8 Å². The van der Waals surface area contributed by atoms with Crippen LogP contribution in [0.3, 0.4) is 0 Å². The lowest BCUT2D eigenvalue weighted by molar-refractivity contribution is -0.126. The smallest absolute Gasteiger partial charge is 0.232 e. The van der Waals surface area contributed by atoms with Crippen molar-refractivity contribution in [3.63, 3.8) is 0 Å². The molecular weight excluding hydrogens is 254 g/mol. The summed E-state index contributed by atoms with van der Waals surface area (Å²) in [4.78, 5) is 14.5. The molecule has 6 heteroatoms. The van der Waals surface area contributed by atoms with Gasteiger partial charge in [0.15, 0.2) is 0 Å². The first kappa shape index (κ1) is 14.7. The monoisotopic (exact) mass is 275 g/mol. The highest BCUT2D eigenvalue weighted by Gasteiger charge is 2.30. The molecule has 0 saturated carbocycles. The third-order valence-electron chi connectivity index (χ3n) is 3.00. The number of rotatable bonds is 5. The van der Waals surface area contributed by atoms with Gasteiger partial charge in [-0.2, -0.15) is 11.8 Å². The zero-order chi connectivity index (χ0) is 12.9. The number of carbonyl (C=O) groups excluding carboxylic acids is 1. The van der Waals surface area contributed by atoms with Gasteiger partial charge in [0.2, 0.25) is 5.91 Å². The molecular formula is C11H21N3OS2. The third-order valence-corrected chi connectivity index (χ3v) is 4.45. The van der Waals surface area contributed by atoms with E-state index in [1.807, 2.05) is 11.8 Å². The van der Waals surface area contributed by atoms with Gasteiger partial charge in [-0.1, -0.05) is 12.2 Å². The fourth-order valence-corrected chi connectivity index (χ4v) is 2.56. The molecule has 0 radical (unpaired) electrons. The molecule has 17 heavy (non-hydrogen) atoms. The molecule has 0 atom stereocenters. The van der Waals surface area contributed by atoms with Crippen LogP contribution >= 0.6 is 24.0 Å². The number of nitrogens with zero attached hydrogens (tertiary/aromatic N) is 1. The molecule has 0 aromatic rings. The first-order chi connectivity index (χ1) is 7.94. The summed E-state index contributed by atoms with van der Waals surface area (Å²) in [6.45, 7) is 7.29. The molecule has 4 nitrogen and oxygen atoms in total. The molecule has 1 aliphatic rings. The van der Waals surface area contributed by atoms with E-state index in [0.717, 1.165) is 19.6 Å². The van der Waals surface area contributed by atoms with Gasteiger partial charge in [0.1, 0.15) is 0 Å². The highest BCUT2D eigenvalue weighted by atomic mass is 32.2. The van der Waals surface area contributed by atoms with Gasteiger partial charge in [0.05, 0.1) is 10.4 Å². The maximum Gasteiger partial charge on any atom is 0.232 e. The number of hydrogen-bond donors (Lipinski definition) is 2. The van der Waals surface area contributed by atoms with Gasteiger partial charge in [0.25, 0.3) is 0 Å². The first-order valence-electron chi connectivity index (χ1n) is 5.83. The quantitative estimate of drug-likeness (QED) is 0.714. The van der Waals surface area contributed by atoms with Gasteiger partial charge in [0, 0.05) is 37.7 Å². The van der Waals surface area contributed by atoms with E-state index < -0.39 is 5.41 Å². The van der Waals surface area contributed by atoms with Crippen molar-refractivity contribution in [1.29, 1.82) is 0 Å². The van der Waals surface area contributed by atoms with E-state index in [1.165, 1.54) is 11.5 Å². The van der Waals surface area contributed by atoms with Crippen LogP contribution in [-0.4, -0.2) is 53.5 Å². The fourth-order valence-electron chi connectivity index (χ4n) is 1.49. The first-order valence-corrected chi connectivity index (χ1v) is 7.39. The Labute approximate surface area is 113 Å². The Kier molecular flexibility index (Phi) is 5.69. The summed E-state index contributed by atoms with van der Waals surface area (Å²) in [6, 6.07) is 0. The summed E-state index contributed by atoms with van der Waals surface area (Å²) in [5, 5.41) is 2.90. The van der Waals surface area contributed by atoms with E-state index in [4.69, 9.17) is 18.0 Å². The van der Waals surface area contributed by atoms with Crippen LogP contribution in [0.5, 0.6) is 0 Å². The van der Waals surface area contributed by atoms with Crippen LogP contribution in [0.4, 0.5) is 0 Å². The number of nitrogens with two attached hydrogens (primary N) is 1. The van der Waals surface area contributed by atoms with Crippen molar-refractivity contribution < 1.29 is 4.79 Å². The summed E-state index contributed by atoms with van der Waals surface area (Å²) in [5.74, 6) is 2.29. The largest absolute Gasteiger partial charge is 0.392 e. The topological polar surface area (TPSA) is 58.4 Å². The van der Waals surface area contributed by atoms with Crippen molar-refractivity contribution in [3.05, 3.63) is 0 Å². The second kappa shape index (κ2) is 6.56. The van der Waals surface area contributed by atoms with Crippen LogP contribution in [0.1, 0.15) is 13.8 Å². The number of carbonyl (C=O) groups is 1. The van der Waals surface area contributed by atoms with Crippen molar-refractivity contribution in [3.8, 4) is 0 Å². The van der Waals surface area contributed by atoms with E-state index in [1.54, 1.807) is 13.8 Å². The maximum absolute atomic E-state index is 11.8. The molecule has 0 aromatic carbocycles. The van der Waals surface area contributed by atoms with Gasteiger partial charge in [-0.25, -0.2) is 0 Å². The van der Waals surface area contributed by atoms with E-state index in [-0.39, 0.29) is 10.9 Å². The van der Waals surface area contributed by atoms with Crippen molar-refractivity contribution >= 4 is 34.9 Å². The molecule has 3 N–H and O–H groups in total. The van der Waals surface area contributed by atoms with Crippen LogP contribution < -0.4 is 11.1 Å². The van der Waals surface area contributed by atoms with Gasteiger partial charge in [-0.05, 0) is 13.8 Å². The Bertz CT molecular complexity index is 288. The predicted molar refractivity (Wildman–Crippen MR) is 77.3 cm³/mol. The molecule has 1 amide bonds. The Morgan fingerprint density at radius 3 is 2.59 bits per heavy atom. The molecule has 0 spiro atoms. The van der Waals surface area contributed by atoms with Crippen LogP contribution in [0.2, 0.25) is 0 Å². The molecule has 0 bridgehead atoms. The Morgan fingerprint density at radius 2 is 2.06 bits per heavy atom. The third kappa shape index (κ3) is 4.44. The molecule has 98 valence electrons. The minimum absolute atomic E-state index is 0.0867. The second-order valence-electron chi connectivity index (χ2n) is 4.70. The highest BCUT2D eigenvalue weighted by Crippen LogP contribution is 2.15. The Hall–Kier alpha value is -0.330. The van der Waals surface area contributed by atoms with E-state index in [9.17, 15) is 4.79 Å². The summed E-state index contributed by atoms with van der Waals surface area (Å²) >= 11 is 6.87. The average molecular weight is 275 g/mol. The number of amides is 1. The summed E-state index contributed by atoms with van der Waals surface area (Å²) in [5.41, 5.74) is 4.79. The molecule has 1 rings (SSSR count). The van der Waals surface area contributed by atoms with Gasteiger partial charge < -0.3 is 11.1 Å². The van der Waals surface area contributed by atoms with Gasteiger partial charge in [-0.15, -0.1) is 0 Å². The van der Waals surface area contributed by atoms with Gasteiger partial charge in [-0.3, -0.25) is 9.69 Å². The number of thiocarbonyl (C=S) groups is 1. The molecule has 1 heterocycles. The maximum atomic E-state index is 11.8. The minimum atomic E-state index is -0.757. The number of hydrogen-bond acceptors (Lipinski definition) is 4. The lowest BCUT2D eigenvalue weighted by atomic mass is 9.92. The van der Waals surface area contributed by atoms with E-state index in [0.29, 0.717) is 6.54 Å². The van der Waals surface area contributed by atoms with Crippen LogP contribution in [0.25, 0.3) is 0 Å². The molecule has 1 fully saturated rings. The number of nitrogens with one attached hydrogen (secondary N) is 1. The average Bonchev–Trinajstić information content (AvgIpc) is 2.30. The van der Waals surface area contributed by atoms with Crippen LogP contribution in [0.15, 0.2) is 0 Å². The predicted octanol–water partition coefficient (Wildman–Crippen LogP) is 0.464. The van der Waals surface area contributed by atoms with E-state index >= 15 is 0 Å². The summed E-state index contributed by atoms with van der Waals surface area (Å²) in [7, 11) is 0. The van der Waals surface area contributed by atoms with Crippen molar-refractivity contribution in [2.75, 3.05) is 37.7 Å². The standard InChI is InChI=1S/C11H21N3OS2/c1-11(2,9(12)16)10(15)13-3-4-14-5-7-17-8-6-14/h3-8H2,1-2H3,(H2,12,16)(H,13,15). The van der Waals surface area contributed by atoms with Gasteiger partial charge >= 0.3 is 0 Å². The normalized spacial score (nSPS) is 17.8. The summed E-state index contributed by atoms with van der Waals surface area (Å²) in [6.07, 6.45) is 0. The lowest BCUT2D eigenvalue weighted by Gasteiger charge is -2.27. The second-order valence-corrected chi connectivity index (χ2v) is 6.36. The molecule has 0 aliphatic carbocycles. The molecule has 0 aromatic heterocycles. The fraction of sp³-hybridized carbons (Fsp3) is 0.818. The van der Waals surface area contributed by atoms with E-state index in [2.05, 4.69) is 10.2 Å². The summed E-state index contributed by atoms with van der Waals surface area (Å²) < 4.78 is 0. The molecule has 1 saturated heterocycles. The Morgan fingerprint density at radius 1 is 1.47 bits per heavy atom. The van der Waals surface area contributed by atoms with Crippen LogP contribution in [-0.2, 0) is 4.79 Å². The van der Waals surface area contributed by atoms with Crippen molar-refractivity contribution in [2.24, 2.45) is 11.1 Å². The molecule has 0 unspecified atom stereocenters. The minimum Gasteiger partial charge on any atom is -0.392 e. The zero-order valence-electron chi connectivity index (χ0n) is 10.5.